The summed E-state index contributed by atoms with van der Waals surface area (Å²) in [6, 6.07) is 12.7. The van der Waals surface area contributed by atoms with Crippen LogP contribution in [-0.4, -0.2) is 56.1 Å². The number of nitrogens with one attached hydrogen (secondary N) is 1. The molecule has 7 nitrogen and oxygen atoms in total. The number of carbonyl (C=O) groups excluding carboxylic acids is 2. The van der Waals surface area contributed by atoms with E-state index in [1.165, 1.54) is 40.5 Å². The first kappa shape index (κ1) is 24.2. The van der Waals surface area contributed by atoms with E-state index in [0.717, 1.165) is 6.42 Å². The molecule has 1 N–H and O–H groups in total. The molecule has 2 aromatic carbocycles. The minimum absolute atomic E-state index is 0.162. The Morgan fingerprint density at radius 1 is 1.06 bits per heavy atom. The summed E-state index contributed by atoms with van der Waals surface area (Å²) in [5.41, 5.74) is 0.772. The van der Waals surface area contributed by atoms with Crippen LogP contribution in [0.1, 0.15) is 30.6 Å². The molecular weight excluding hydrogens is 450 g/mol. The van der Waals surface area contributed by atoms with Gasteiger partial charge in [0.05, 0.1) is 22.2 Å². The second-order valence-corrected chi connectivity index (χ2v) is 10.8. The van der Waals surface area contributed by atoms with Crippen LogP contribution < -0.4 is 5.32 Å². The average Bonchev–Trinajstić information content (AvgIpc) is 2.74. The molecule has 0 aliphatic carbocycles. The summed E-state index contributed by atoms with van der Waals surface area (Å²) in [5.74, 6) is -0.162. The van der Waals surface area contributed by atoms with E-state index >= 15 is 0 Å². The predicted molar refractivity (Wildman–Crippen MR) is 125 cm³/mol. The molecule has 172 valence electrons. The fourth-order valence-corrected chi connectivity index (χ4v) is 5.84. The van der Waals surface area contributed by atoms with Crippen molar-refractivity contribution in [2.45, 2.75) is 25.2 Å². The molecule has 0 saturated carbocycles. The van der Waals surface area contributed by atoms with Crippen molar-refractivity contribution in [1.82, 2.24) is 9.21 Å². The maximum atomic E-state index is 13.0. The zero-order chi connectivity index (χ0) is 23.5. The topological polar surface area (TPSA) is 86.8 Å². The fraction of sp³-hybridized carbons (Fsp3) is 0.391. The van der Waals surface area contributed by atoms with Crippen LogP contribution in [0.15, 0.2) is 53.4 Å². The molecule has 1 aliphatic heterocycles. The van der Waals surface area contributed by atoms with E-state index in [9.17, 15) is 18.0 Å². The van der Waals surface area contributed by atoms with Gasteiger partial charge in [0, 0.05) is 25.7 Å². The number of rotatable bonds is 6. The minimum atomic E-state index is -3.62. The number of amides is 2. The Balaban J connectivity index is 1.65. The van der Waals surface area contributed by atoms with Crippen molar-refractivity contribution >= 4 is 39.1 Å². The highest BCUT2D eigenvalue weighted by atomic mass is 35.5. The summed E-state index contributed by atoms with van der Waals surface area (Å²) >= 11 is 6.04. The normalized spacial score (nSPS) is 19.4. The summed E-state index contributed by atoms with van der Waals surface area (Å²) in [5, 5.41) is 3.08. The number of nitrogens with zero attached hydrogens (tertiary/aromatic N) is 2. The van der Waals surface area contributed by atoms with Crippen molar-refractivity contribution in [3.05, 3.63) is 59.1 Å². The molecule has 3 rings (SSSR count). The van der Waals surface area contributed by atoms with E-state index in [-0.39, 0.29) is 23.3 Å². The first-order valence-electron chi connectivity index (χ1n) is 10.5. The van der Waals surface area contributed by atoms with E-state index in [2.05, 4.69) is 19.2 Å². The monoisotopic (exact) mass is 477 g/mol. The van der Waals surface area contributed by atoms with E-state index < -0.39 is 10.0 Å². The third-order valence-corrected chi connectivity index (χ3v) is 7.63. The van der Waals surface area contributed by atoms with Gasteiger partial charge in [-0.15, -0.1) is 0 Å². The zero-order valence-corrected chi connectivity index (χ0v) is 20.0. The van der Waals surface area contributed by atoms with Crippen LogP contribution in [0, 0.1) is 11.8 Å². The molecule has 1 saturated heterocycles. The number of sulfonamides is 1. The highest BCUT2D eigenvalue weighted by Gasteiger charge is 2.31. The van der Waals surface area contributed by atoms with Gasteiger partial charge in [0.2, 0.25) is 15.9 Å². The lowest BCUT2D eigenvalue weighted by Crippen LogP contribution is -2.42. The van der Waals surface area contributed by atoms with Crippen LogP contribution >= 0.6 is 11.6 Å². The maximum Gasteiger partial charge on any atom is 0.254 e. The summed E-state index contributed by atoms with van der Waals surface area (Å²) < 4.78 is 27.5. The molecule has 2 unspecified atom stereocenters. The van der Waals surface area contributed by atoms with Gasteiger partial charge >= 0.3 is 0 Å². The summed E-state index contributed by atoms with van der Waals surface area (Å²) in [4.78, 5) is 26.4. The first-order valence-corrected chi connectivity index (χ1v) is 12.3. The Morgan fingerprint density at radius 2 is 1.66 bits per heavy atom. The minimum Gasteiger partial charge on any atom is -0.332 e. The van der Waals surface area contributed by atoms with Crippen LogP contribution in [0.5, 0.6) is 0 Å². The number of piperidine rings is 1. The molecule has 9 heteroatoms. The van der Waals surface area contributed by atoms with Gasteiger partial charge < -0.3 is 10.2 Å². The molecular formula is C23H28ClN3O4S. The Bertz CT molecular complexity index is 1080. The van der Waals surface area contributed by atoms with Crippen molar-refractivity contribution in [2.75, 3.05) is 32.0 Å². The van der Waals surface area contributed by atoms with E-state index in [1.807, 2.05) is 0 Å². The summed E-state index contributed by atoms with van der Waals surface area (Å²) in [7, 11) is -2.11. The molecule has 1 heterocycles. The number of likely N-dealkylation sites (N-methyl/N-ethyl adjacent to an activating group) is 1. The highest BCUT2D eigenvalue weighted by Crippen LogP contribution is 2.27. The molecule has 1 aliphatic rings. The Kier molecular flexibility index (Phi) is 7.59. The third-order valence-electron chi connectivity index (χ3n) is 5.45. The largest absolute Gasteiger partial charge is 0.332 e. The maximum absolute atomic E-state index is 13.0. The Labute approximate surface area is 194 Å². The number of para-hydroxylation sites is 1. The van der Waals surface area contributed by atoms with Gasteiger partial charge in [-0.25, -0.2) is 8.42 Å². The molecule has 32 heavy (non-hydrogen) atoms. The van der Waals surface area contributed by atoms with Crippen molar-refractivity contribution in [3.63, 3.8) is 0 Å². The van der Waals surface area contributed by atoms with Crippen LogP contribution in [0.4, 0.5) is 5.69 Å². The second kappa shape index (κ2) is 10.0. The molecule has 2 amide bonds. The number of anilines is 1. The number of hydrogen-bond donors (Lipinski definition) is 1. The molecule has 0 spiro atoms. The number of hydrogen-bond acceptors (Lipinski definition) is 4. The SMILES string of the molecule is CC1CC(C)CN(S(=O)(=O)c2ccc(C(=O)N(C)CC(=O)Nc3ccccc3Cl)cc2)C1. The standard InChI is InChI=1S/C23H28ClN3O4S/c1-16-12-17(2)14-27(13-16)32(30,31)19-10-8-18(9-11-19)23(29)26(3)15-22(28)25-21-7-5-4-6-20(21)24/h4-11,16-17H,12-15H2,1-3H3,(H,25,28). The van der Waals surface area contributed by atoms with E-state index in [1.54, 1.807) is 24.3 Å². The van der Waals surface area contributed by atoms with Crippen molar-refractivity contribution in [1.29, 1.82) is 0 Å². The quantitative estimate of drug-likeness (QED) is 0.687. The van der Waals surface area contributed by atoms with Crippen molar-refractivity contribution < 1.29 is 18.0 Å². The number of carbonyl (C=O) groups is 2. The van der Waals surface area contributed by atoms with Gasteiger partial charge in [0.25, 0.3) is 5.91 Å². The van der Waals surface area contributed by atoms with Gasteiger partial charge in [-0.3, -0.25) is 9.59 Å². The molecule has 1 fully saturated rings. The van der Waals surface area contributed by atoms with Gasteiger partial charge in [-0.1, -0.05) is 37.6 Å². The van der Waals surface area contributed by atoms with Gasteiger partial charge in [-0.05, 0) is 54.7 Å². The zero-order valence-electron chi connectivity index (χ0n) is 18.4. The predicted octanol–water partition coefficient (Wildman–Crippen LogP) is 3.72. The van der Waals surface area contributed by atoms with Crippen LogP contribution in [0.2, 0.25) is 5.02 Å². The van der Waals surface area contributed by atoms with Crippen LogP contribution in [0.3, 0.4) is 0 Å². The number of benzene rings is 2. The summed E-state index contributed by atoms with van der Waals surface area (Å²) in [6.45, 7) is 4.93. The van der Waals surface area contributed by atoms with Crippen molar-refractivity contribution in [3.8, 4) is 0 Å². The first-order chi connectivity index (χ1) is 15.1. The molecule has 0 radical (unpaired) electrons. The Hall–Kier alpha value is -2.42. The van der Waals surface area contributed by atoms with E-state index in [4.69, 9.17) is 11.6 Å². The van der Waals surface area contributed by atoms with Gasteiger partial charge in [0.15, 0.2) is 0 Å². The van der Waals surface area contributed by atoms with E-state index in [0.29, 0.717) is 41.2 Å². The van der Waals surface area contributed by atoms with Gasteiger partial charge in [-0.2, -0.15) is 4.31 Å². The Morgan fingerprint density at radius 3 is 2.25 bits per heavy atom. The van der Waals surface area contributed by atoms with Gasteiger partial charge in [0.1, 0.15) is 0 Å². The summed E-state index contributed by atoms with van der Waals surface area (Å²) in [6.07, 6.45) is 1.01. The van der Waals surface area contributed by atoms with Crippen LogP contribution in [-0.2, 0) is 14.8 Å². The molecule has 2 aromatic rings. The molecule has 2 atom stereocenters. The number of halogens is 1. The smallest absolute Gasteiger partial charge is 0.254 e. The highest BCUT2D eigenvalue weighted by molar-refractivity contribution is 7.89. The third kappa shape index (κ3) is 5.68. The lowest BCUT2D eigenvalue weighted by atomic mass is 9.94. The average molecular weight is 478 g/mol. The lowest BCUT2D eigenvalue weighted by Gasteiger charge is -2.34. The van der Waals surface area contributed by atoms with Crippen LogP contribution in [0.25, 0.3) is 0 Å². The second-order valence-electron chi connectivity index (χ2n) is 8.48. The lowest BCUT2D eigenvalue weighted by molar-refractivity contribution is -0.116. The van der Waals surface area contributed by atoms with Crippen molar-refractivity contribution in [2.24, 2.45) is 11.8 Å². The molecule has 0 bridgehead atoms. The molecule has 0 aromatic heterocycles. The fourth-order valence-electron chi connectivity index (χ4n) is 3.98.